The highest BCUT2D eigenvalue weighted by Gasteiger charge is 2.24. The van der Waals surface area contributed by atoms with Crippen LogP contribution in [-0.4, -0.2) is 9.13 Å². The molecule has 0 aliphatic carbocycles. The number of aromatic nitrogens is 2. The van der Waals surface area contributed by atoms with E-state index in [0.717, 1.165) is 77.3 Å². The van der Waals surface area contributed by atoms with Crippen LogP contribution < -0.4 is 0 Å². The van der Waals surface area contributed by atoms with Crippen LogP contribution >= 0.6 is 0 Å². The average Bonchev–Trinajstić information content (AvgIpc) is 3.86. The van der Waals surface area contributed by atoms with Gasteiger partial charge in [-0.2, -0.15) is 0 Å². The van der Waals surface area contributed by atoms with Crippen molar-refractivity contribution in [1.29, 1.82) is 0 Å². The number of nitrogens with zero attached hydrogens (tertiary/aromatic N) is 2. The molecule has 0 amide bonds. The molecule has 214 valence electrons. The van der Waals surface area contributed by atoms with Crippen LogP contribution in [0.2, 0.25) is 0 Å². The Kier molecular flexibility index (Phi) is 4.55. The fourth-order valence-corrected chi connectivity index (χ4v) is 7.82. The highest BCUT2D eigenvalue weighted by Crippen LogP contribution is 2.44. The predicted octanol–water partition coefficient (Wildman–Crippen LogP) is 11.7. The maximum atomic E-state index is 6.64. The van der Waals surface area contributed by atoms with Crippen molar-refractivity contribution >= 4 is 87.5 Å². The van der Waals surface area contributed by atoms with Crippen molar-refractivity contribution in [1.82, 2.24) is 9.13 Å². The van der Waals surface area contributed by atoms with Crippen LogP contribution in [0.5, 0.6) is 0 Å². The van der Waals surface area contributed by atoms with Crippen LogP contribution in [0.25, 0.3) is 98.9 Å². The highest BCUT2D eigenvalue weighted by atomic mass is 16.3. The standard InChI is InChI=1S/C42H24N2O2/c1-5-17-33-25(11-1)29-23-24-30-26-12-2-6-18-34(26)44(36-20-10-16-32-28-14-4-8-22-38(28)46-42(32)36)40(30)39(29)43(33)35-19-9-15-31-27-13-3-7-21-37(27)45-41(31)35/h1-24H. The lowest BCUT2D eigenvalue weighted by Gasteiger charge is -2.13. The smallest absolute Gasteiger partial charge is 0.159 e. The zero-order chi connectivity index (χ0) is 29.9. The van der Waals surface area contributed by atoms with E-state index in [-0.39, 0.29) is 0 Å². The van der Waals surface area contributed by atoms with Gasteiger partial charge in [-0.05, 0) is 36.4 Å². The van der Waals surface area contributed by atoms with Crippen LogP contribution in [0.15, 0.2) is 154 Å². The van der Waals surface area contributed by atoms with Crippen LogP contribution in [0.4, 0.5) is 0 Å². The molecule has 0 aliphatic rings. The first-order chi connectivity index (χ1) is 22.8. The van der Waals surface area contributed by atoms with Gasteiger partial charge in [-0.25, -0.2) is 0 Å². The number of hydrogen-bond donors (Lipinski definition) is 0. The molecule has 11 aromatic rings. The third-order valence-electron chi connectivity index (χ3n) is 9.72. The molecule has 0 fully saturated rings. The second-order valence-corrected chi connectivity index (χ2v) is 12.1. The first kappa shape index (κ1) is 24.1. The molecule has 4 aromatic heterocycles. The first-order valence-electron chi connectivity index (χ1n) is 15.6. The summed E-state index contributed by atoms with van der Waals surface area (Å²) in [6, 6.07) is 51.5. The molecule has 4 heteroatoms. The van der Waals surface area contributed by atoms with Crippen LogP contribution in [0.3, 0.4) is 0 Å². The fourth-order valence-electron chi connectivity index (χ4n) is 7.82. The molecule has 0 aliphatic heterocycles. The van der Waals surface area contributed by atoms with E-state index in [1.54, 1.807) is 0 Å². The van der Waals surface area contributed by atoms with Crippen molar-refractivity contribution < 1.29 is 8.83 Å². The van der Waals surface area contributed by atoms with E-state index >= 15 is 0 Å². The van der Waals surface area contributed by atoms with Crippen molar-refractivity contribution in [3.63, 3.8) is 0 Å². The summed E-state index contributed by atoms with van der Waals surface area (Å²) in [5.41, 5.74) is 10.1. The molecule has 46 heavy (non-hydrogen) atoms. The van der Waals surface area contributed by atoms with Gasteiger partial charge in [0.05, 0.1) is 33.4 Å². The van der Waals surface area contributed by atoms with Gasteiger partial charge in [-0.1, -0.05) is 109 Å². The molecule has 0 radical (unpaired) electrons. The molecule has 0 spiro atoms. The first-order valence-corrected chi connectivity index (χ1v) is 15.6. The van der Waals surface area contributed by atoms with E-state index in [4.69, 9.17) is 8.83 Å². The van der Waals surface area contributed by atoms with Crippen LogP contribution in [0.1, 0.15) is 0 Å². The van der Waals surface area contributed by atoms with Gasteiger partial charge in [0.15, 0.2) is 11.2 Å². The largest absolute Gasteiger partial charge is 0.454 e. The van der Waals surface area contributed by atoms with Gasteiger partial charge in [0.2, 0.25) is 0 Å². The molecule has 7 aromatic carbocycles. The van der Waals surface area contributed by atoms with Crippen LogP contribution in [0, 0.1) is 0 Å². The molecule has 0 saturated heterocycles. The lowest BCUT2D eigenvalue weighted by molar-refractivity contribution is 0.665. The number of benzene rings is 7. The Balaban J connectivity index is 1.39. The minimum Gasteiger partial charge on any atom is -0.454 e. The highest BCUT2D eigenvalue weighted by molar-refractivity contribution is 6.25. The van der Waals surface area contributed by atoms with E-state index in [0.29, 0.717) is 0 Å². The van der Waals surface area contributed by atoms with E-state index in [1.807, 2.05) is 12.1 Å². The third-order valence-corrected chi connectivity index (χ3v) is 9.72. The lowest BCUT2D eigenvalue weighted by Crippen LogP contribution is -1.99. The van der Waals surface area contributed by atoms with Gasteiger partial charge < -0.3 is 18.0 Å². The normalized spacial score (nSPS) is 12.3. The number of fused-ring (bicyclic) bond motifs is 13. The maximum absolute atomic E-state index is 6.64. The number of hydrogen-bond acceptors (Lipinski definition) is 2. The summed E-state index contributed by atoms with van der Waals surface area (Å²) in [4.78, 5) is 0. The Morgan fingerprint density at radius 1 is 0.304 bits per heavy atom. The molecule has 0 atom stereocenters. The van der Waals surface area contributed by atoms with Gasteiger partial charge in [-0.3, -0.25) is 0 Å². The second-order valence-electron chi connectivity index (χ2n) is 12.1. The minimum atomic E-state index is 0.880. The summed E-state index contributed by atoms with van der Waals surface area (Å²) in [5.74, 6) is 0. The van der Waals surface area contributed by atoms with Gasteiger partial charge in [-0.15, -0.1) is 0 Å². The summed E-state index contributed by atoms with van der Waals surface area (Å²) in [7, 11) is 0. The predicted molar refractivity (Wildman–Crippen MR) is 190 cm³/mol. The van der Waals surface area contributed by atoms with Gasteiger partial charge in [0.1, 0.15) is 11.2 Å². The molecule has 4 nitrogen and oxygen atoms in total. The Morgan fingerprint density at radius 3 is 1.17 bits per heavy atom. The van der Waals surface area contributed by atoms with E-state index in [1.165, 1.54) is 21.5 Å². The average molecular weight is 589 g/mol. The quantitative estimate of drug-likeness (QED) is 0.201. The summed E-state index contributed by atoms with van der Waals surface area (Å²) in [6.45, 7) is 0. The zero-order valence-corrected chi connectivity index (χ0v) is 24.6. The van der Waals surface area contributed by atoms with E-state index in [9.17, 15) is 0 Å². The topological polar surface area (TPSA) is 36.1 Å². The lowest BCUT2D eigenvalue weighted by atomic mass is 10.1. The summed E-state index contributed by atoms with van der Waals surface area (Å²) < 4.78 is 18.1. The second kappa shape index (κ2) is 8.68. The number of para-hydroxylation sites is 6. The van der Waals surface area contributed by atoms with E-state index < -0.39 is 0 Å². The molecular formula is C42H24N2O2. The van der Waals surface area contributed by atoms with Crippen molar-refractivity contribution in [3.8, 4) is 11.4 Å². The third kappa shape index (κ3) is 2.98. The molecule has 0 saturated carbocycles. The molecule has 0 bridgehead atoms. The van der Waals surface area contributed by atoms with Gasteiger partial charge in [0.25, 0.3) is 0 Å². The Labute approximate surface area is 261 Å². The molecule has 0 unspecified atom stereocenters. The van der Waals surface area contributed by atoms with Crippen molar-refractivity contribution in [2.75, 3.05) is 0 Å². The van der Waals surface area contributed by atoms with Crippen molar-refractivity contribution in [3.05, 3.63) is 146 Å². The fraction of sp³-hybridized carbons (Fsp3) is 0. The van der Waals surface area contributed by atoms with Crippen molar-refractivity contribution in [2.45, 2.75) is 0 Å². The molecule has 4 heterocycles. The summed E-state index contributed by atoms with van der Waals surface area (Å²) in [6.07, 6.45) is 0. The number of furan rings is 2. The zero-order valence-electron chi connectivity index (χ0n) is 24.6. The molecule has 0 N–H and O–H groups in total. The summed E-state index contributed by atoms with van der Waals surface area (Å²) >= 11 is 0. The Morgan fingerprint density at radius 2 is 0.696 bits per heavy atom. The van der Waals surface area contributed by atoms with E-state index in [2.05, 4.69) is 143 Å². The maximum Gasteiger partial charge on any atom is 0.159 e. The summed E-state index contributed by atoms with van der Waals surface area (Å²) in [5, 5.41) is 9.25. The monoisotopic (exact) mass is 588 g/mol. The van der Waals surface area contributed by atoms with Gasteiger partial charge in [0, 0.05) is 43.1 Å². The minimum absolute atomic E-state index is 0.880. The Hall–Kier alpha value is -6.26. The molecular weight excluding hydrogens is 564 g/mol. The van der Waals surface area contributed by atoms with Gasteiger partial charge >= 0.3 is 0 Å². The van der Waals surface area contributed by atoms with Crippen LogP contribution in [-0.2, 0) is 0 Å². The number of rotatable bonds is 2. The van der Waals surface area contributed by atoms with Crippen molar-refractivity contribution in [2.24, 2.45) is 0 Å². The molecule has 11 rings (SSSR count). The Bertz CT molecular complexity index is 2830. The SMILES string of the molecule is c1ccc2c(c1)oc1c(-n3c4ccccc4c4ccc5c6ccccc6n(-c6cccc7c6oc6ccccc67)c5c43)cccc12.